The molecule has 16 heavy (non-hydrogen) atoms. The van der Waals surface area contributed by atoms with E-state index in [9.17, 15) is 4.79 Å². The van der Waals surface area contributed by atoms with Crippen LogP contribution in [0.5, 0.6) is 0 Å². The minimum absolute atomic E-state index is 0.205. The molecule has 86 valence electrons. The van der Waals surface area contributed by atoms with E-state index in [-0.39, 0.29) is 11.8 Å². The Hall–Kier alpha value is -1.31. The van der Waals surface area contributed by atoms with Crippen LogP contribution in [0, 0.1) is 5.92 Å². The number of carbonyl (C=O) groups excluding carboxylic acids is 1. The van der Waals surface area contributed by atoms with Gasteiger partial charge in [0.1, 0.15) is 0 Å². The van der Waals surface area contributed by atoms with Gasteiger partial charge in [-0.3, -0.25) is 4.79 Å². The Kier molecular flexibility index (Phi) is 3.28. The molecule has 1 fully saturated rings. The van der Waals surface area contributed by atoms with Gasteiger partial charge >= 0.3 is 0 Å². The second kappa shape index (κ2) is 4.69. The molecule has 0 bridgehead atoms. The van der Waals surface area contributed by atoms with E-state index in [0.717, 1.165) is 12.8 Å². The van der Waals surface area contributed by atoms with Crippen molar-refractivity contribution in [2.24, 2.45) is 5.92 Å². The van der Waals surface area contributed by atoms with Gasteiger partial charge in [0.15, 0.2) is 0 Å². The van der Waals surface area contributed by atoms with Gasteiger partial charge in [-0.05, 0) is 31.2 Å². The fourth-order valence-corrected chi connectivity index (χ4v) is 2.01. The first kappa shape index (κ1) is 11.2. The van der Waals surface area contributed by atoms with Gasteiger partial charge in [0.05, 0.1) is 0 Å². The number of carbonyl (C=O) groups is 1. The van der Waals surface area contributed by atoms with E-state index in [0.29, 0.717) is 12.0 Å². The lowest BCUT2D eigenvalue weighted by Crippen LogP contribution is -2.33. The quantitative estimate of drug-likeness (QED) is 0.825. The monoisotopic (exact) mass is 217 g/mol. The predicted molar refractivity (Wildman–Crippen MR) is 65.2 cm³/mol. The average Bonchev–Trinajstić information content (AvgIpc) is 3.10. The van der Waals surface area contributed by atoms with E-state index in [1.165, 1.54) is 5.56 Å². The molecule has 0 aliphatic heterocycles. The lowest BCUT2D eigenvalue weighted by molar-refractivity contribution is -0.123. The topological polar surface area (TPSA) is 29.1 Å². The van der Waals surface area contributed by atoms with Crippen LogP contribution in [0.4, 0.5) is 0 Å². The van der Waals surface area contributed by atoms with Crippen molar-refractivity contribution in [1.82, 2.24) is 5.32 Å². The Labute approximate surface area is 97.1 Å². The fourth-order valence-electron chi connectivity index (χ4n) is 2.01. The molecule has 1 amide bonds. The summed E-state index contributed by atoms with van der Waals surface area (Å²) in [6.07, 6.45) is 2.00. The highest BCUT2D eigenvalue weighted by Crippen LogP contribution is 2.47. The van der Waals surface area contributed by atoms with E-state index >= 15 is 0 Å². The number of hydrogen-bond acceptors (Lipinski definition) is 1. The van der Waals surface area contributed by atoms with Crippen molar-refractivity contribution in [1.29, 1.82) is 0 Å². The van der Waals surface area contributed by atoms with Crippen LogP contribution in [0.3, 0.4) is 0 Å². The second-order valence-electron chi connectivity index (χ2n) is 4.68. The third-order valence-electron chi connectivity index (χ3n) is 3.36. The highest BCUT2D eigenvalue weighted by molar-refractivity contribution is 5.83. The molecule has 0 heterocycles. The summed E-state index contributed by atoms with van der Waals surface area (Å²) in [5, 5.41) is 3.05. The zero-order chi connectivity index (χ0) is 11.5. The molecule has 1 aliphatic rings. The van der Waals surface area contributed by atoms with Crippen molar-refractivity contribution >= 4 is 5.91 Å². The maximum Gasteiger partial charge on any atom is 0.223 e. The van der Waals surface area contributed by atoms with Crippen LogP contribution in [-0.4, -0.2) is 11.9 Å². The molecule has 3 atom stereocenters. The summed E-state index contributed by atoms with van der Waals surface area (Å²) in [5.41, 5.74) is 1.30. The molecule has 0 unspecified atom stereocenters. The summed E-state index contributed by atoms with van der Waals surface area (Å²) >= 11 is 0. The maximum atomic E-state index is 11.8. The van der Waals surface area contributed by atoms with Gasteiger partial charge in [0, 0.05) is 12.0 Å². The molecule has 1 aromatic carbocycles. The van der Waals surface area contributed by atoms with Crippen LogP contribution >= 0.6 is 0 Å². The number of nitrogens with one attached hydrogen (secondary N) is 1. The molecular formula is C14H19NO. The molecule has 0 spiro atoms. The first-order valence-electron chi connectivity index (χ1n) is 6.07. The van der Waals surface area contributed by atoms with Crippen molar-refractivity contribution in [2.45, 2.75) is 38.6 Å². The largest absolute Gasteiger partial charge is 0.353 e. The minimum atomic E-state index is 0.205. The molecule has 1 saturated carbocycles. The molecule has 0 saturated heterocycles. The SMILES string of the molecule is CC[C@H](C)NC(=O)[C@@H]1C[C@H]1c1ccccc1. The van der Waals surface area contributed by atoms with Crippen LogP contribution in [0.15, 0.2) is 30.3 Å². The van der Waals surface area contributed by atoms with Crippen molar-refractivity contribution in [3.8, 4) is 0 Å². The van der Waals surface area contributed by atoms with E-state index in [1.807, 2.05) is 18.2 Å². The van der Waals surface area contributed by atoms with Crippen molar-refractivity contribution < 1.29 is 4.79 Å². The summed E-state index contributed by atoms with van der Waals surface area (Å²) < 4.78 is 0. The molecule has 1 aromatic rings. The van der Waals surface area contributed by atoms with Gasteiger partial charge in [-0.15, -0.1) is 0 Å². The summed E-state index contributed by atoms with van der Waals surface area (Å²) in [5.74, 6) is 0.879. The van der Waals surface area contributed by atoms with E-state index in [4.69, 9.17) is 0 Å². The summed E-state index contributed by atoms with van der Waals surface area (Å²) in [4.78, 5) is 11.8. The molecule has 2 nitrogen and oxygen atoms in total. The standard InChI is InChI=1S/C14H19NO/c1-3-10(2)15-14(16)13-9-12(13)11-7-5-4-6-8-11/h4-8,10,12-13H,3,9H2,1-2H3,(H,15,16)/t10-,12-,13+/m0/s1. The smallest absolute Gasteiger partial charge is 0.223 e. The van der Waals surface area contributed by atoms with Gasteiger partial charge in [0.25, 0.3) is 0 Å². The van der Waals surface area contributed by atoms with Crippen molar-refractivity contribution in [3.63, 3.8) is 0 Å². The van der Waals surface area contributed by atoms with Crippen LogP contribution in [-0.2, 0) is 4.79 Å². The number of hydrogen-bond donors (Lipinski definition) is 1. The minimum Gasteiger partial charge on any atom is -0.353 e. The van der Waals surface area contributed by atoms with Crippen LogP contribution in [0.25, 0.3) is 0 Å². The van der Waals surface area contributed by atoms with Crippen molar-refractivity contribution in [3.05, 3.63) is 35.9 Å². The van der Waals surface area contributed by atoms with Gasteiger partial charge in [0.2, 0.25) is 5.91 Å². The summed E-state index contributed by atoms with van der Waals surface area (Å²) in [6.45, 7) is 4.14. The van der Waals surface area contributed by atoms with Gasteiger partial charge < -0.3 is 5.32 Å². The number of rotatable bonds is 4. The van der Waals surface area contributed by atoms with Crippen LogP contribution in [0.2, 0.25) is 0 Å². The summed E-state index contributed by atoms with van der Waals surface area (Å²) in [7, 11) is 0. The Balaban J connectivity index is 1.89. The first-order valence-corrected chi connectivity index (χ1v) is 6.07. The van der Waals surface area contributed by atoms with E-state index < -0.39 is 0 Å². The molecular weight excluding hydrogens is 198 g/mol. The van der Waals surface area contributed by atoms with Gasteiger partial charge in [-0.2, -0.15) is 0 Å². The van der Waals surface area contributed by atoms with E-state index in [2.05, 4.69) is 31.3 Å². The molecule has 1 N–H and O–H groups in total. The Bertz CT molecular complexity index is 360. The van der Waals surface area contributed by atoms with Crippen LogP contribution in [0.1, 0.15) is 38.2 Å². The third-order valence-corrected chi connectivity index (χ3v) is 3.36. The molecule has 2 heteroatoms. The second-order valence-corrected chi connectivity index (χ2v) is 4.68. The maximum absolute atomic E-state index is 11.8. The fraction of sp³-hybridized carbons (Fsp3) is 0.500. The predicted octanol–water partition coefficient (Wildman–Crippen LogP) is 2.70. The third kappa shape index (κ3) is 2.43. The molecule has 0 radical (unpaired) electrons. The number of benzene rings is 1. The zero-order valence-electron chi connectivity index (χ0n) is 9.94. The highest BCUT2D eigenvalue weighted by atomic mass is 16.2. The lowest BCUT2D eigenvalue weighted by Gasteiger charge is -2.10. The van der Waals surface area contributed by atoms with Crippen molar-refractivity contribution in [2.75, 3.05) is 0 Å². The molecule has 2 rings (SSSR count). The van der Waals surface area contributed by atoms with Crippen LogP contribution < -0.4 is 5.32 Å². The Morgan fingerprint density at radius 1 is 1.44 bits per heavy atom. The average molecular weight is 217 g/mol. The highest BCUT2D eigenvalue weighted by Gasteiger charge is 2.43. The Morgan fingerprint density at radius 2 is 2.12 bits per heavy atom. The summed E-state index contributed by atoms with van der Waals surface area (Å²) in [6, 6.07) is 10.6. The lowest BCUT2D eigenvalue weighted by atomic mass is 10.1. The first-order chi connectivity index (χ1) is 7.72. The van der Waals surface area contributed by atoms with Gasteiger partial charge in [-0.1, -0.05) is 37.3 Å². The van der Waals surface area contributed by atoms with Gasteiger partial charge in [-0.25, -0.2) is 0 Å². The zero-order valence-corrected chi connectivity index (χ0v) is 9.94. The molecule has 0 aromatic heterocycles. The van der Waals surface area contributed by atoms with E-state index in [1.54, 1.807) is 0 Å². The molecule has 1 aliphatic carbocycles. The number of amides is 1. The Morgan fingerprint density at radius 3 is 2.75 bits per heavy atom. The normalized spacial score (nSPS) is 24.9.